The van der Waals surface area contributed by atoms with E-state index < -0.39 is 5.56 Å². The summed E-state index contributed by atoms with van der Waals surface area (Å²) in [6, 6.07) is 2.32. The van der Waals surface area contributed by atoms with Gasteiger partial charge in [-0.1, -0.05) is 35.7 Å². The van der Waals surface area contributed by atoms with Crippen LogP contribution in [-0.2, 0) is 20.9 Å². The average Bonchev–Trinajstić information content (AvgIpc) is 3.08. The van der Waals surface area contributed by atoms with Crippen molar-refractivity contribution in [2.75, 3.05) is 59.4 Å². The molecule has 254 valence electrons. The van der Waals surface area contributed by atoms with E-state index in [1.165, 1.54) is 20.3 Å². The van der Waals surface area contributed by atoms with Crippen molar-refractivity contribution < 1.29 is 23.8 Å². The summed E-state index contributed by atoms with van der Waals surface area (Å²) >= 11 is 13.6. The van der Waals surface area contributed by atoms with E-state index in [0.717, 1.165) is 0 Å². The molecule has 1 aromatic carbocycles. The molecule has 2 aliphatic heterocycles. The lowest BCUT2D eigenvalue weighted by Crippen LogP contribution is -2.55. The number of nitrogens with one attached hydrogen (secondary N) is 2. The number of anilines is 1. The van der Waals surface area contributed by atoms with Crippen LogP contribution in [0.3, 0.4) is 0 Å². The van der Waals surface area contributed by atoms with E-state index in [0.29, 0.717) is 50.3 Å². The lowest BCUT2D eigenvalue weighted by atomic mass is 10.0. The Morgan fingerprint density at radius 2 is 1.90 bits per heavy atom. The molecule has 4 heterocycles. The summed E-state index contributed by atoms with van der Waals surface area (Å²) in [6.45, 7) is 7.55. The number of carbonyl (C=O) groups is 2. The molecule has 3 atom stereocenters. The molecule has 0 saturated carbocycles. The number of aromatic nitrogens is 3. The van der Waals surface area contributed by atoms with Crippen molar-refractivity contribution in [3.05, 3.63) is 51.4 Å². The normalized spacial score (nSPS) is 19.6. The predicted molar refractivity (Wildman–Crippen MR) is 184 cm³/mol. The molecule has 0 aliphatic carbocycles. The lowest BCUT2D eigenvalue weighted by molar-refractivity contribution is -0.128. The predicted octanol–water partition coefficient (Wildman–Crippen LogP) is 2.82. The number of fused-ring (bicyclic) bond motifs is 1. The van der Waals surface area contributed by atoms with E-state index in [2.05, 4.69) is 38.9 Å². The molecule has 0 spiro atoms. The molecule has 2 fully saturated rings. The average molecular weight is 699 g/mol. The number of carbonyl (C=O) groups excluding carboxylic acids is 2. The first-order valence-electron chi connectivity index (χ1n) is 15.3. The van der Waals surface area contributed by atoms with Gasteiger partial charge in [0.1, 0.15) is 17.1 Å². The summed E-state index contributed by atoms with van der Waals surface area (Å²) in [6.07, 6.45) is 3.40. The van der Waals surface area contributed by atoms with Crippen LogP contribution in [-0.4, -0.2) is 108 Å². The molecule has 2 N–H and O–H groups in total. The first-order valence-corrected chi connectivity index (χ1v) is 16.1. The van der Waals surface area contributed by atoms with Crippen LogP contribution in [0.15, 0.2) is 35.8 Å². The number of amides is 2. The molecule has 2 aliphatic rings. The minimum absolute atomic E-state index is 0.139. The highest BCUT2D eigenvalue weighted by molar-refractivity contribution is 6.41. The fourth-order valence-corrected chi connectivity index (χ4v) is 6.59. The first-order chi connectivity index (χ1) is 23.1. The quantitative estimate of drug-likeness (QED) is 0.253. The van der Waals surface area contributed by atoms with Gasteiger partial charge in [-0.3, -0.25) is 23.9 Å². The molecule has 0 bridgehead atoms. The van der Waals surface area contributed by atoms with Gasteiger partial charge < -0.3 is 29.7 Å². The highest BCUT2D eigenvalue weighted by Gasteiger charge is 2.31. The fourth-order valence-electron chi connectivity index (χ4n) is 5.88. The summed E-state index contributed by atoms with van der Waals surface area (Å²) in [5.74, 6) is 5.51. The maximum Gasteiger partial charge on any atom is 0.298 e. The summed E-state index contributed by atoms with van der Waals surface area (Å²) in [7, 11) is 4.86. The SMILES string of the molecule is C=CC(=O)N[C@H]1CCOC[C@H]1Nc1ncc2cc(-c3c(Cl)c(OC)cc(OC)c3Cl)c(=O)n(CC3CN(C(=O)C#CC)CCN3C)c2n1. The molecule has 15 heteroatoms. The molecular formula is C33H37Cl2N7O6. The third-order valence-corrected chi connectivity index (χ3v) is 9.29. The highest BCUT2D eigenvalue weighted by Crippen LogP contribution is 2.45. The van der Waals surface area contributed by atoms with Crippen LogP contribution in [0, 0.1) is 11.8 Å². The van der Waals surface area contributed by atoms with Gasteiger partial charge in [0.25, 0.3) is 11.5 Å². The lowest BCUT2D eigenvalue weighted by Gasteiger charge is -2.39. The first kappa shape index (κ1) is 35.0. The second-order valence-electron chi connectivity index (χ2n) is 11.4. The molecule has 13 nitrogen and oxygen atoms in total. The Morgan fingerprint density at radius 1 is 1.17 bits per heavy atom. The van der Waals surface area contributed by atoms with Crippen molar-refractivity contribution in [3.63, 3.8) is 0 Å². The van der Waals surface area contributed by atoms with Crippen molar-refractivity contribution in [1.29, 1.82) is 0 Å². The summed E-state index contributed by atoms with van der Waals surface area (Å²) in [5, 5.41) is 7.02. The van der Waals surface area contributed by atoms with E-state index >= 15 is 0 Å². The van der Waals surface area contributed by atoms with E-state index in [-0.39, 0.29) is 75.1 Å². The van der Waals surface area contributed by atoms with E-state index in [1.54, 1.807) is 34.7 Å². The van der Waals surface area contributed by atoms with E-state index in [9.17, 15) is 14.4 Å². The van der Waals surface area contributed by atoms with Gasteiger partial charge in [0.15, 0.2) is 0 Å². The minimum Gasteiger partial charge on any atom is -0.495 e. The smallest absolute Gasteiger partial charge is 0.298 e. The molecular weight excluding hydrogens is 661 g/mol. The van der Waals surface area contributed by atoms with Crippen molar-refractivity contribution >= 4 is 52.0 Å². The van der Waals surface area contributed by atoms with Crippen LogP contribution >= 0.6 is 23.2 Å². The zero-order valence-corrected chi connectivity index (χ0v) is 28.7. The topological polar surface area (TPSA) is 140 Å². The third-order valence-electron chi connectivity index (χ3n) is 8.54. The van der Waals surface area contributed by atoms with Gasteiger partial charge in [0.2, 0.25) is 11.9 Å². The molecule has 48 heavy (non-hydrogen) atoms. The van der Waals surface area contributed by atoms with Gasteiger partial charge >= 0.3 is 0 Å². The van der Waals surface area contributed by atoms with Crippen LogP contribution in [0.1, 0.15) is 13.3 Å². The van der Waals surface area contributed by atoms with Crippen LogP contribution in [0.4, 0.5) is 5.95 Å². The van der Waals surface area contributed by atoms with Gasteiger partial charge in [-0.15, -0.1) is 0 Å². The minimum atomic E-state index is -0.423. The Bertz CT molecular complexity index is 1830. The zero-order valence-electron chi connectivity index (χ0n) is 27.1. The molecule has 2 saturated heterocycles. The maximum absolute atomic E-state index is 14.6. The molecule has 3 aromatic rings. The number of benzene rings is 1. The monoisotopic (exact) mass is 697 g/mol. The number of pyridine rings is 1. The Labute approximate surface area is 288 Å². The highest BCUT2D eigenvalue weighted by atomic mass is 35.5. The second-order valence-corrected chi connectivity index (χ2v) is 12.2. The van der Waals surface area contributed by atoms with Gasteiger partial charge in [-0.05, 0) is 38.5 Å². The van der Waals surface area contributed by atoms with E-state index in [1.807, 2.05) is 7.05 Å². The second kappa shape index (κ2) is 15.3. The van der Waals surface area contributed by atoms with Crippen LogP contribution in [0.5, 0.6) is 11.5 Å². The number of hydrogen-bond donors (Lipinski definition) is 2. The van der Waals surface area contributed by atoms with Crippen molar-refractivity contribution in [2.24, 2.45) is 0 Å². The number of methoxy groups -OCH3 is 2. The Balaban J connectivity index is 1.64. The Morgan fingerprint density at radius 3 is 2.56 bits per heavy atom. The third kappa shape index (κ3) is 7.22. The Kier molecular flexibility index (Phi) is 11.1. The Hall–Kier alpha value is -4.35. The van der Waals surface area contributed by atoms with E-state index in [4.69, 9.17) is 42.4 Å². The summed E-state index contributed by atoms with van der Waals surface area (Å²) in [4.78, 5) is 52.5. The molecule has 2 amide bonds. The van der Waals surface area contributed by atoms with Crippen LogP contribution in [0.2, 0.25) is 10.0 Å². The molecule has 2 aromatic heterocycles. The number of ether oxygens (including phenoxy) is 3. The van der Waals surface area contributed by atoms with Gasteiger partial charge in [-0.2, -0.15) is 4.98 Å². The van der Waals surface area contributed by atoms with Gasteiger partial charge in [0.05, 0.1) is 48.5 Å². The number of halogens is 2. The summed E-state index contributed by atoms with van der Waals surface area (Å²) < 4.78 is 18.2. The maximum atomic E-state index is 14.6. The molecule has 1 unspecified atom stereocenters. The number of hydrogen-bond acceptors (Lipinski definition) is 10. The number of nitrogens with zero attached hydrogens (tertiary/aromatic N) is 5. The summed E-state index contributed by atoms with van der Waals surface area (Å²) in [5.41, 5.74) is 0.352. The number of piperazine rings is 1. The van der Waals surface area contributed by atoms with Crippen molar-refractivity contribution in [1.82, 2.24) is 29.7 Å². The fraction of sp³-hybridized carbons (Fsp3) is 0.424. The van der Waals surface area contributed by atoms with Gasteiger partial charge in [-0.25, -0.2) is 4.98 Å². The molecule has 5 rings (SSSR count). The van der Waals surface area contributed by atoms with Crippen LogP contribution in [0.25, 0.3) is 22.2 Å². The van der Waals surface area contributed by atoms with Crippen molar-refractivity contribution in [3.8, 4) is 34.5 Å². The molecule has 0 radical (unpaired) electrons. The number of likely N-dealkylation sites (N-methyl/N-ethyl adjacent to an activating group) is 1. The largest absolute Gasteiger partial charge is 0.495 e. The van der Waals surface area contributed by atoms with Crippen molar-refractivity contribution in [2.45, 2.75) is 38.0 Å². The van der Waals surface area contributed by atoms with Crippen LogP contribution < -0.4 is 25.7 Å². The van der Waals surface area contributed by atoms with Gasteiger partial charge in [0, 0.05) is 62.0 Å². The standard InChI is InChI=1S/C33H37Cl2N7O6/c1-6-8-27(44)41-11-10-40(3)20(16-41)17-42-31-19(13-21(32(42)45)28-29(34)24(46-4)14-25(47-5)30(28)35)15-36-33(39-31)38-23-18-48-12-9-22(23)37-26(43)7-2/h7,13-15,20,22-23H,2,9-12,16-18H2,1,3-5H3,(H,37,43)(H,36,38,39)/t20?,22-,23+/m0/s1. The zero-order chi connectivity index (χ0) is 34.5. The number of rotatable bonds is 9.